The van der Waals surface area contributed by atoms with Gasteiger partial charge >= 0.3 is 5.97 Å². The van der Waals surface area contributed by atoms with Gasteiger partial charge in [-0.25, -0.2) is 9.78 Å². The molecule has 0 fully saturated rings. The van der Waals surface area contributed by atoms with Gasteiger partial charge in [-0.1, -0.05) is 11.2 Å². The van der Waals surface area contributed by atoms with Gasteiger partial charge in [0.1, 0.15) is 17.9 Å². The molecule has 0 radical (unpaired) electrons. The van der Waals surface area contributed by atoms with Gasteiger partial charge in [-0.2, -0.15) is 0 Å². The van der Waals surface area contributed by atoms with Gasteiger partial charge in [-0.3, -0.25) is 9.69 Å². The molecule has 3 aromatic rings. The van der Waals surface area contributed by atoms with Crippen molar-refractivity contribution in [1.82, 2.24) is 10.1 Å². The Balaban J connectivity index is 1.77. The fraction of sp³-hybridized carbons (Fsp3) is 0.300. The number of amides is 1. The minimum absolute atomic E-state index is 0.00192. The Kier molecular flexibility index (Phi) is 5.60. The van der Waals surface area contributed by atoms with Gasteiger partial charge in [0.2, 0.25) is 5.91 Å². The molecule has 0 spiro atoms. The van der Waals surface area contributed by atoms with Crippen molar-refractivity contribution in [2.45, 2.75) is 41.2 Å². The second-order valence-corrected chi connectivity index (χ2v) is 7.36. The zero-order valence-electron chi connectivity index (χ0n) is 16.4. The highest BCUT2D eigenvalue weighted by molar-refractivity contribution is 7.14. The molecule has 2 aromatic heterocycles. The maximum absolute atomic E-state index is 12.2. The molecule has 7 nitrogen and oxygen atoms in total. The molecule has 1 amide bonds. The first-order chi connectivity index (χ1) is 13.3. The fourth-order valence-electron chi connectivity index (χ4n) is 2.74. The molecule has 0 atom stereocenters. The first-order valence-electron chi connectivity index (χ1n) is 8.70. The van der Waals surface area contributed by atoms with Crippen molar-refractivity contribution in [1.29, 1.82) is 0 Å². The molecule has 28 heavy (non-hydrogen) atoms. The number of aromatic nitrogens is 2. The summed E-state index contributed by atoms with van der Waals surface area (Å²) in [5.41, 5.74) is 4.38. The first kappa shape index (κ1) is 19.8. The minimum atomic E-state index is -0.511. The SMILES string of the molecule is CC(=O)N(c1ccc(C)c(C)c1)c1nc(COC(=O)c2c(C)noc2C)cs1. The molecule has 1 aromatic carbocycles. The van der Waals surface area contributed by atoms with Crippen molar-refractivity contribution in [3.63, 3.8) is 0 Å². The summed E-state index contributed by atoms with van der Waals surface area (Å²) in [5.74, 6) is -0.237. The van der Waals surface area contributed by atoms with Crippen LogP contribution in [0.15, 0.2) is 28.1 Å². The van der Waals surface area contributed by atoms with E-state index in [0.717, 1.165) is 16.8 Å². The lowest BCUT2D eigenvalue weighted by atomic mass is 10.1. The number of aryl methyl sites for hydroxylation is 4. The van der Waals surface area contributed by atoms with Crippen LogP contribution in [0.25, 0.3) is 0 Å². The third kappa shape index (κ3) is 3.96. The quantitative estimate of drug-likeness (QED) is 0.591. The Morgan fingerprint density at radius 3 is 2.54 bits per heavy atom. The predicted molar refractivity (Wildman–Crippen MR) is 106 cm³/mol. The van der Waals surface area contributed by atoms with Crippen LogP contribution in [0.4, 0.5) is 10.8 Å². The summed E-state index contributed by atoms with van der Waals surface area (Å²) in [6.07, 6.45) is 0. The van der Waals surface area contributed by atoms with Crippen molar-refractivity contribution >= 4 is 34.0 Å². The van der Waals surface area contributed by atoms with Crippen LogP contribution in [0.1, 0.15) is 45.6 Å². The lowest BCUT2D eigenvalue weighted by molar-refractivity contribution is -0.115. The third-order valence-electron chi connectivity index (χ3n) is 4.38. The second kappa shape index (κ2) is 7.93. The highest BCUT2D eigenvalue weighted by Gasteiger charge is 2.21. The number of carbonyl (C=O) groups excluding carboxylic acids is 2. The number of thiazole rings is 1. The monoisotopic (exact) mass is 399 g/mol. The summed E-state index contributed by atoms with van der Waals surface area (Å²) in [5, 5.41) is 6.05. The molecular weight excluding hydrogens is 378 g/mol. The Bertz CT molecular complexity index is 1020. The number of anilines is 2. The number of esters is 1. The van der Waals surface area contributed by atoms with E-state index in [9.17, 15) is 9.59 Å². The van der Waals surface area contributed by atoms with E-state index < -0.39 is 5.97 Å². The van der Waals surface area contributed by atoms with Gasteiger partial charge in [0.15, 0.2) is 5.13 Å². The van der Waals surface area contributed by atoms with Crippen LogP contribution < -0.4 is 4.90 Å². The van der Waals surface area contributed by atoms with Crippen molar-refractivity contribution < 1.29 is 18.8 Å². The Hall–Kier alpha value is -3.00. The van der Waals surface area contributed by atoms with Crippen molar-refractivity contribution in [2.24, 2.45) is 0 Å². The van der Waals surface area contributed by atoms with Crippen molar-refractivity contribution in [2.75, 3.05) is 4.90 Å². The number of nitrogens with zero attached hydrogens (tertiary/aromatic N) is 3. The van der Waals surface area contributed by atoms with Crippen LogP contribution in [0.5, 0.6) is 0 Å². The summed E-state index contributed by atoms with van der Waals surface area (Å²) >= 11 is 1.32. The average molecular weight is 399 g/mol. The largest absolute Gasteiger partial charge is 0.455 e. The van der Waals surface area contributed by atoms with Crippen molar-refractivity contribution in [3.8, 4) is 0 Å². The number of benzene rings is 1. The van der Waals surface area contributed by atoms with Crippen LogP contribution in [0.2, 0.25) is 0 Å². The molecule has 0 aliphatic carbocycles. The standard InChI is InChI=1S/C20H21N3O4S/c1-11-6-7-17(8-12(11)2)23(15(5)24)20-21-16(10-28-20)9-26-19(25)18-13(3)22-27-14(18)4/h6-8,10H,9H2,1-5H3. The lowest BCUT2D eigenvalue weighted by Crippen LogP contribution is -2.22. The molecule has 0 saturated heterocycles. The van der Waals surface area contributed by atoms with Gasteiger partial charge in [-0.15, -0.1) is 11.3 Å². The van der Waals surface area contributed by atoms with Gasteiger partial charge in [-0.05, 0) is 51.0 Å². The van der Waals surface area contributed by atoms with Crippen LogP contribution in [0.3, 0.4) is 0 Å². The molecule has 2 heterocycles. The molecule has 0 unspecified atom stereocenters. The van der Waals surface area contributed by atoms with E-state index in [1.807, 2.05) is 32.0 Å². The molecular formula is C20H21N3O4S. The summed E-state index contributed by atoms with van der Waals surface area (Å²) in [6.45, 7) is 8.85. The first-order valence-corrected chi connectivity index (χ1v) is 9.58. The van der Waals surface area contributed by atoms with Crippen LogP contribution >= 0.6 is 11.3 Å². The van der Waals surface area contributed by atoms with Gasteiger partial charge < -0.3 is 9.26 Å². The van der Waals surface area contributed by atoms with Crippen LogP contribution in [-0.2, 0) is 16.1 Å². The van der Waals surface area contributed by atoms with Crippen molar-refractivity contribution in [3.05, 3.63) is 57.4 Å². The zero-order valence-corrected chi connectivity index (χ0v) is 17.2. The minimum Gasteiger partial charge on any atom is -0.455 e. The zero-order chi connectivity index (χ0) is 20.4. The summed E-state index contributed by atoms with van der Waals surface area (Å²) in [6, 6.07) is 5.82. The average Bonchev–Trinajstić information content (AvgIpc) is 3.22. The van der Waals surface area contributed by atoms with E-state index in [0.29, 0.717) is 27.8 Å². The van der Waals surface area contributed by atoms with Gasteiger partial charge in [0.05, 0.1) is 17.1 Å². The Morgan fingerprint density at radius 1 is 1.18 bits per heavy atom. The van der Waals surface area contributed by atoms with Gasteiger partial charge in [0, 0.05) is 12.3 Å². The van der Waals surface area contributed by atoms with E-state index in [1.54, 1.807) is 24.1 Å². The van der Waals surface area contributed by atoms with E-state index in [1.165, 1.54) is 18.3 Å². The van der Waals surface area contributed by atoms with E-state index in [2.05, 4.69) is 10.1 Å². The Morgan fingerprint density at radius 2 is 1.93 bits per heavy atom. The predicted octanol–water partition coefficient (Wildman–Crippen LogP) is 4.41. The van der Waals surface area contributed by atoms with E-state index >= 15 is 0 Å². The Labute approximate surface area is 166 Å². The third-order valence-corrected chi connectivity index (χ3v) is 5.26. The van der Waals surface area contributed by atoms with Crippen LogP contribution in [0, 0.1) is 27.7 Å². The molecule has 8 heteroatoms. The highest BCUT2D eigenvalue weighted by atomic mass is 32.1. The molecule has 0 aliphatic rings. The fourth-order valence-corrected chi connectivity index (χ4v) is 3.61. The summed E-state index contributed by atoms with van der Waals surface area (Å²) in [4.78, 5) is 30.5. The number of ether oxygens (including phenoxy) is 1. The van der Waals surface area contributed by atoms with Gasteiger partial charge in [0.25, 0.3) is 0 Å². The molecule has 3 rings (SSSR count). The molecule has 146 valence electrons. The maximum Gasteiger partial charge on any atom is 0.344 e. The molecule has 0 saturated carbocycles. The van der Waals surface area contributed by atoms with Crippen LogP contribution in [-0.4, -0.2) is 22.0 Å². The van der Waals surface area contributed by atoms with E-state index in [-0.39, 0.29) is 12.5 Å². The smallest absolute Gasteiger partial charge is 0.344 e. The number of rotatable bonds is 5. The number of carbonyl (C=O) groups is 2. The van der Waals surface area contributed by atoms with E-state index in [4.69, 9.17) is 9.26 Å². The molecule has 0 bridgehead atoms. The summed E-state index contributed by atoms with van der Waals surface area (Å²) < 4.78 is 10.3. The second-order valence-electron chi connectivity index (χ2n) is 6.52. The summed E-state index contributed by atoms with van der Waals surface area (Å²) in [7, 11) is 0. The normalized spacial score (nSPS) is 10.8. The number of hydrogen-bond donors (Lipinski definition) is 0. The molecule has 0 N–H and O–H groups in total. The lowest BCUT2D eigenvalue weighted by Gasteiger charge is -2.19. The highest BCUT2D eigenvalue weighted by Crippen LogP contribution is 2.30. The number of hydrogen-bond acceptors (Lipinski definition) is 7. The topological polar surface area (TPSA) is 85.5 Å². The molecule has 0 aliphatic heterocycles. The maximum atomic E-state index is 12.2.